The minimum absolute atomic E-state index is 0.00734. The number of halogens is 1. The molecule has 24 heavy (non-hydrogen) atoms. The fraction of sp³-hybridized carbons (Fsp3) is 0.118. The number of hydrogen-bond acceptors (Lipinski definition) is 3. The van der Waals surface area contributed by atoms with Crippen molar-refractivity contribution in [3.63, 3.8) is 0 Å². The summed E-state index contributed by atoms with van der Waals surface area (Å²) in [4.78, 5) is -0.00734. The molecule has 2 aromatic carbocycles. The maximum absolute atomic E-state index is 13.0. The van der Waals surface area contributed by atoms with Crippen LogP contribution < -0.4 is 4.72 Å². The minimum Gasteiger partial charge on any atom is -0.277 e. The van der Waals surface area contributed by atoms with E-state index in [0.29, 0.717) is 11.4 Å². The first-order valence-corrected chi connectivity index (χ1v) is 8.76. The molecule has 0 fully saturated rings. The van der Waals surface area contributed by atoms with Gasteiger partial charge in [0.25, 0.3) is 10.0 Å². The molecule has 0 bridgehead atoms. The topological polar surface area (TPSA) is 64.0 Å². The Morgan fingerprint density at radius 1 is 1.04 bits per heavy atom. The lowest BCUT2D eigenvalue weighted by Crippen LogP contribution is -2.15. The smallest absolute Gasteiger partial charge is 0.261 e. The Morgan fingerprint density at radius 2 is 1.71 bits per heavy atom. The van der Waals surface area contributed by atoms with E-state index in [0.717, 1.165) is 23.5 Å². The second-order valence-electron chi connectivity index (χ2n) is 5.42. The van der Waals surface area contributed by atoms with Gasteiger partial charge in [-0.25, -0.2) is 17.5 Å². The van der Waals surface area contributed by atoms with Crippen LogP contribution >= 0.6 is 0 Å². The van der Waals surface area contributed by atoms with E-state index in [1.807, 2.05) is 26.0 Å². The van der Waals surface area contributed by atoms with Crippen LogP contribution in [-0.2, 0) is 10.0 Å². The summed E-state index contributed by atoms with van der Waals surface area (Å²) in [5, 5.41) is 4.39. The summed E-state index contributed by atoms with van der Waals surface area (Å²) in [7, 11) is -3.82. The summed E-state index contributed by atoms with van der Waals surface area (Å²) in [5.74, 6) is -0.489. The van der Waals surface area contributed by atoms with Gasteiger partial charge in [-0.2, -0.15) is 5.10 Å². The molecule has 0 atom stereocenters. The maximum Gasteiger partial charge on any atom is 0.261 e. The van der Waals surface area contributed by atoms with Crippen LogP contribution in [0.15, 0.2) is 59.5 Å². The summed E-state index contributed by atoms with van der Waals surface area (Å²) >= 11 is 0. The quantitative estimate of drug-likeness (QED) is 0.788. The lowest BCUT2D eigenvalue weighted by Gasteiger charge is -2.13. The standard InChI is InChI=1S/C17H16FN3O2S/c1-12-11-13(2)21(19-12)17-6-4-3-5-16(17)20-24(22,23)15-9-7-14(18)8-10-15/h3-11,20H,1-2H3. The zero-order valence-electron chi connectivity index (χ0n) is 13.2. The predicted molar refractivity (Wildman–Crippen MR) is 90.2 cm³/mol. The molecule has 1 aromatic heterocycles. The van der Waals surface area contributed by atoms with Crippen LogP contribution in [0.3, 0.4) is 0 Å². The molecule has 124 valence electrons. The highest BCUT2D eigenvalue weighted by molar-refractivity contribution is 7.92. The molecule has 0 aliphatic heterocycles. The number of nitrogens with zero attached hydrogens (tertiary/aromatic N) is 2. The third kappa shape index (κ3) is 3.16. The lowest BCUT2D eigenvalue weighted by atomic mass is 10.2. The van der Waals surface area contributed by atoms with Crippen LogP contribution in [0.25, 0.3) is 5.69 Å². The van der Waals surface area contributed by atoms with Crippen molar-refractivity contribution in [2.45, 2.75) is 18.7 Å². The van der Waals surface area contributed by atoms with Crippen molar-refractivity contribution >= 4 is 15.7 Å². The Balaban J connectivity index is 2.02. The molecule has 0 radical (unpaired) electrons. The van der Waals surface area contributed by atoms with Crippen molar-refractivity contribution in [1.82, 2.24) is 9.78 Å². The molecular formula is C17H16FN3O2S. The molecule has 3 rings (SSSR count). The van der Waals surface area contributed by atoms with E-state index in [-0.39, 0.29) is 4.90 Å². The van der Waals surface area contributed by atoms with E-state index in [1.165, 1.54) is 12.1 Å². The van der Waals surface area contributed by atoms with Gasteiger partial charge in [-0.05, 0) is 56.3 Å². The molecule has 0 saturated carbocycles. The van der Waals surface area contributed by atoms with Gasteiger partial charge in [0.2, 0.25) is 0 Å². The highest BCUT2D eigenvalue weighted by Gasteiger charge is 2.17. The van der Waals surface area contributed by atoms with Crippen molar-refractivity contribution < 1.29 is 12.8 Å². The van der Waals surface area contributed by atoms with Crippen molar-refractivity contribution in [3.8, 4) is 5.69 Å². The van der Waals surface area contributed by atoms with E-state index in [1.54, 1.807) is 22.9 Å². The fourth-order valence-electron chi connectivity index (χ4n) is 2.43. The number of aromatic nitrogens is 2. The van der Waals surface area contributed by atoms with Gasteiger partial charge in [-0.1, -0.05) is 12.1 Å². The Labute approximate surface area is 139 Å². The molecule has 0 saturated heterocycles. The van der Waals surface area contributed by atoms with E-state index < -0.39 is 15.8 Å². The normalized spacial score (nSPS) is 11.5. The average Bonchev–Trinajstić information content (AvgIpc) is 2.86. The van der Waals surface area contributed by atoms with E-state index in [9.17, 15) is 12.8 Å². The van der Waals surface area contributed by atoms with Gasteiger partial charge in [0, 0.05) is 5.69 Å². The monoisotopic (exact) mass is 345 g/mol. The number of para-hydroxylation sites is 2. The zero-order chi connectivity index (χ0) is 17.3. The van der Waals surface area contributed by atoms with Gasteiger partial charge in [-0.3, -0.25) is 4.72 Å². The van der Waals surface area contributed by atoms with E-state index >= 15 is 0 Å². The second-order valence-corrected chi connectivity index (χ2v) is 7.10. The number of anilines is 1. The molecule has 0 aliphatic rings. The number of sulfonamides is 1. The third-order valence-electron chi connectivity index (χ3n) is 3.51. The molecular weight excluding hydrogens is 329 g/mol. The second kappa shape index (κ2) is 6.09. The minimum atomic E-state index is -3.82. The number of nitrogens with one attached hydrogen (secondary N) is 1. The maximum atomic E-state index is 13.0. The number of hydrogen-bond donors (Lipinski definition) is 1. The molecule has 7 heteroatoms. The SMILES string of the molecule is Cc1cc(C)n(-c2ccccc2NS(=O)(=O)c2ccc(F)cc2)n1. The highest BCUT2D eigenvalue weighted by atomic mass is 32.2. The van der Waals surface area contributed by atoms with Gasteiger partial charge < -0.3 is 0 Å². The van der Waals surface area contributed by atoms with Crippen LogP contribution in [0.1, 0.15) is 11.4 Å². The molecule has 1 N–H and O–H groups in total. The van der Waals surface area contributed by atoms with Gasteiger partial charge in [0.05, 0.1) is 22.0 Å². The van der Waals surface area contributed by atoms with Crippen molar-refractivity contribution in [2.75, 3.05) is 4.72 Å². The molecule has 0 spiro atoms. The van der Waals surface area contributed by atoms with Gasteiger partial charge in [0.1, 0.15) is 5.82 Å². The van der Waals surface area contributed by atoms with E-state index in [4.69, 9.17) is 0 Å². The number of rotatable bonds is 4. The summed E-state index contributed by atoms with van der Waals surface area (Å²) in [6.07, 6.45) is 0. The third-order valence-corrected chi connectivity index (χ3v) is 4.89. The van der Waals surface area contributed by atoms with Gasteiger partial charge >= 0.3 is 0 Å². The number of aryl methyl sites for hydroxylation is 2. The summed E-state index contributed by atoms with van der Waals surface area (Å²) in [5.41, 5.74) is 2.74. The van der Waals surface area contributed by atoms with Crippen LogP contribution in [0.2, 0.25) is 0 Å². The highest BCUT2D eigenvalue weighted by Crippen LogP contribution is 2.24. The predicted octanol–water partition coefficient (Wildman–Crippen LogP) is 3.43. The first kappa shape index (κ1) is 16.2. The Hall–Kier alpha value is -2.67. The molecule has 0 amide bonds. The van der Waals surface area contributed by atoms with Crippen molar-refractivity contribution in [2.24, 2.45) is 0 Å². The van der Waals surface area contributed by atoms with Crippen LogP contribution in [0, 0.1) is 19.7 Å². The molecule has 0 unspecified atom stereocenters. The van der Waals surface area contributed by atoms with Crippen LogP contribution in [0.5, 0.6) is 0 Å². The number of benzene rings is 2. The lowest BCUT2D eigenvalue weighted by molar-refractivity contribution is 0.599. The first-order chi connectivity index (χ1) is 11.4. The van der Waals surface area contributed by atoms with Crippen molar-refractivity contribution in [1.29, 1.82) is 0 Å². The summed E-state index contributed by atoms with van der Waals surface area (Å²) in [6, 6.07) is 13.6. The molecule has 3 aromatic rings. The summed E-state index contributed by atoms with van der Waals surface area (Å²) in [6.45, 7) is 3.76. The Kier molecular flexibility index (Phi) is 4.11. The zero-order valence-corrected chi connectivity index (χ0v) is 14.0. The van der Waals surface area contributed by atoms with Gasteiger partial charge in [-0.15, -0.1) is 0 Å². The Bertz CT molecular complexity index is 979. The fourth-order valence-corrected chi connectivity index (χ4v) is 3.51. The van der Waals surface area contributed by atoms with Crippen LogP contribution in [0.4, 0.5) is 10.1 Å². The van der Waals surface area contributed by atoms with Crippen molar-refractivity contribution in [3.05, 3.63) is 71.8 Å². The first-order valence-electron chi connectivity index (χ1n) is 7.28. The average molecular weight is 345 g/mol. The molecule has 1 heterocycles. The largest absolute Gasteiger partial charge is 0.277 e. The van der Waals surface area contributed by atoms with E-state index in [2.05, 4.69) is 9.82 Å². The summed E-state index contributed by atoms with van der Waals surface area (Å²) < 4.78 is 42.3. The molecule has 5 nitrogen and oxygen atoms in total. The Morgan fingerprint density at radius 3 is 2.33 bits per heavy atom. The molecule has 0 aliphatic carbocycles. The van der Waals surface area contributed by atoms with Gasteiger partial charge in [0.15, 0.2) is 0 Å². The van der Waals surface area contributed by atoms with Crippen LogP contribution in [-0.4, -0.2) is 18.2 Å².